The van der Waals surface area contributed by atoms with E-state index < -0.39 is 0 Å². The van der Waals surface area contributed by atoms with E-state index in [1.54, 1.807) is 24.3 Å². The SMILES string of the molecule is CCCCCOc1c(C#N)c(C#N)c(OCCCCC)c2cc(-c3ccc(F)cc3)c(-c3ccc(F)cc3)cc12. The zero-order chi connectivity index (χ0) is 28.5. The van der Waals surface area contributed by atoms with E-state index in [9.17, 15) is 19.3 Å². The van der Waals surface area contributed by atoms with Gasteiger partial charge in [-0.2, -0.15) is 10.5 Å². The molecule has 204 valence electrons. The van der Waals surface area contributed by atoms with E-state index in [0.717, 1.165) is 60.8 Å². The van der Waals surface area contributed by atoms with E-state index in [-0.39, 0.29) is 22.8 Å². The Kier molecular flexibility index (Phi) is 9.71. The van der Waals surface area contributed by atoms with Crippen LogP contribution in [0.4, 0.5) is 8.78 Å². The van der Waals surface area contributed by atoms with Gasteiger partial charge in [0.15, 0.2) is 0 Å². The normalized spacial score (nSPS) is 10.8. The molecule has 0 heterocycles. The first-order valence-corrected chi connectivity index (χ1v) is 13.8. The van der Waals surface area contributed by atoms with Crippen molar-refractivity contribution in [2.45, 2.75) is 52.4 Å². The summed E-state index contributed by atoms with van der Waals surface area (Å²) in [7, 11) is 0. The number of rotatable bonds is 12. The number of hydrogen-bond donors (Lipinski definition) is 0. The first-order valence-electron chi connectivity index (χ1n) is 13.8. The lowest BCUT2D eigenvalue weighted by molar-refractivity contribution is 0.302. The summed E-state index contributed by atoms with van der Waals surface area (Å²) in [6.07, 6.45) is 5.58. The van der Waals surface area contributed by atoms with Crippen LogP contribution in [-0.2, 0) is 0 Å². The van der Waals surface area contributed by atoms with Crippen LogP contribution in [0.1, 0.15) is 63.5 Å². The molecule has 0 unspecified atom stereocenters. The average molecular weight is 539 g/mol. The molecule has 0 saturated carbocycles. The molecule has 0 aliphatic carbocycles. The van der Waals surface area contributed by atoms with E-state index in [4.69, 9.17) is 9.47 Å². The molecule has 0 bridgehead atoms. The summed E-state index contributed by atoms with van der Waals surface area (Å²) < 4.78 is 40.1. The molecule has 4 aromatic carbocycles. The van der Waals surface area contributed by atoms with Crippen molar-refractivity contribution in [3.8, 4) is 45.9 Å². The lowest BCUT2D eigenvalue weighted by Gasteiger charge is -2.20. The van der Waals surface area contributed by atoms with Crippen LogP contribution in [0.5, 0.6) is 11.5 Å². The minimum absolute atomic E-state index is 0.136. The highest BCUT2D eigenvalue weighted by atomic mass is 19.1. The number of fused-ring (bicyclic) bond motifs is 1. The van der Waals surface area contributed by atoms with Crippen molar-refractivity contribution in [2.24, 2.45) is 0 Å². The fraction of sp³-hybridized carbons (Fsp3) is 0.294. The number of nitrogens with zero attached hydrogens (tertiary/aromatic N) is 2. The van der Waals surface area contributed by atoms with Crippen LogP contribution >= 0.6 is 0 Å². The molecule has 4 aromatic rings. The number of benzene rings is 4. The quantitative estimate of drug-likeness (QED) is 0.169. The van der Waals surface area contributed by atoms with Gasteiger partial charge in [-0.15, -0.1) is 0 Å². The second-order valence-corrected chi connectivity index (χ2v) is 9.70. The smallest absolute Gasteiger partial charge is 0.146 e. The molecule has 0 spiro atoms. The van der Waals surface area contributed by atoms with Gasteiger partial charge in [0.05, 0.1) is 13.2 Å². The molecule has 0 amide bonds. The maximum atomic E-state index is 13.9. The Hall–Kier alpha value is -4.42. The van der Waals surface area contributed by atoms with E-state index in [2.05, 4.69) is 26.0 Å². The summed E-state index contributed by atoms with van der Waals surface area (Å²) in [4.78, 5) is 0. The molecule has 4 nitrogen and oxygen atoms in total. The molecule has 0 fully saturated rings. The molecule has 0 aromatic heterocycles. The lowest BCUT2D eigenvalue weighted by atomic mass is 9.89. The summed E-state index contributed by atoms with van der Waals surface area (Å²) in [6, 6.07) is 20.5. The summed E-state index contributed by atoms with van der Waals surface area (Å²) in [5.74, 6) is -0.0535. The molecular weight excluding hydrogens is 506 g/mol. The van der Waals surface area contributed by atoms with Crippen LogP contribution in [0.25, 0.3) is 33.0 Å². The summed E-state index contributed by atoms with van der Waals surface area (Å²) in [5, 5.41) is 21.6. The predicted octanol–water partition coefficient (Wildman–Crippen LogP) is 9.33. The average Bonchev–Trinajstić information content (AvgIpc) is 2.97. The predicted molar refractivity (Wildman–Crippen MR) is 154 cm³/mol. The summed E-state index contributed by atoms with van der Waals surface area (Å²) in [5.41, 5.74) is 3.26. The molecule has 6 heteroatoms. The highest BCUT2D eigenvalue weighted by Crippen LogP contribution is 2.46. The minimum Gasteiger partial charge on any atom is -0.491 e. The molecule has 0 atom stereocenters. The first kappa shape index (κ1) is 28.6. The van der Waals surface area contributed by atoms with Gasteiger partial charge in [0, 0.05) is 10.8 Å². The van der Waals surface area contributed by atoms with Gasteiger partial charge >= 0.3 is 0 Å². The van der Waals surface area contributed by atoms with Gasteiger partial charge in [-0.3, -0.25) is 0 Å². The van der Waals surface area contributed by atoms with Crippen molar-refractivity contribution >= 4 is 10.8 Å². The molecule has 0 radical (unpaired) electrons. The first-order chi connectivity index (χ1) is 19.5. The molecule has 0 saturated heterocycles. The van der Waals surface area contributed by atoms with Crippen molar-refractivity contribution < 1.29 is 18.3 Å². The maximum Gasteiger partial charge on any atom is 0.146 e. The maximum absolute atomic E-state index is 13.9. The van der Waals surface area contributed by atoms with Gasteiger partial charge in [-0.05, 0) is 71.5 Å². The Bertz CT molecular complexity index is 1430. The Morgan fingerprint density at radius 3 is 1.30 bits per heavy atom. The molecule has 4 rings (SSSR count). The van der Waals surface area contributed by atoms with Gasteiger partial charge in [-0.25, -0.2) is 8.78 Å². The Morgan fingerprint density at radius 1 is 0.600 bits per heavy atom. The van der Waals surface area contributed by atoms with Crippen LogP contribution in [0, 0.1) is 34.3 Å². The third kappa shape index (κ3) is 6.24. The second kappa shape index (κ2) is 13.6. The van der Waals surface area contributed by atoms with Crippen molar-refractivity contribution in [3.63, 3.8) is 0 Å². The number of unbranched alkanes of at least 4 members (excludes halogenated alkanes) is 4. The third-order valence-electron chi connectivity index (χ3n) is 6.87. The number of nitriles is 2. The zero-order valence-electron chi connectivity index (χ0n) is 22.9. The molecule has 0 aliphatic rings. The van der Waals surface area contributed by atoms with Gasteiger partial charge in [0.1, 0.15) is 46.4 Å². The monoisotopic (exact) mass is 538 g/mol. The second-order valence-electron chi connectivity index (χ2n) is 9.70. The molecular formula is C34H32F2N2O2. The van der Waals surface area contributed by atoms with E-state index in [1.807, 2.05) is 12.1 Å². The highest BCUT2D eigenvalue weighted by Gasteiger charge is 2.24. The van der Waals surface area contributed by atoms with E-state index >= 15 is 0 Å². The van der Waals surface area contributed by atoms with Crippen LogP contribution in [0.3, 0.4) is 0 Å². The number of ether oxygens (including phenoxy) is 2. The van der Waals surface area contributed by atoms with Crippen molar-refractivity contribution in [2.75, 3.05) is 13.2 Å². The van der Waals surface area contributed by atoms with Gasteiger partial charge < -0.3 is 9.47 Å². The van der Waals surface area contributed by atoms with Gasteiger partial charge in [0.2, 0.25) is 0 Å². The topological polar surface area (TPSA) is 66.0 Å². The van der Waals surface area contributed by atoms with Gasteiger partial charge in [0.25, 0.3) is 0 Å². The van der Waals surface area contributed by atoms with Crippen LogP contribution < -0.4 is 9.47 Å². The highest BCUT2D eigenvalue weighted by molar-refractivity contribution is 6.04. The summed E-state index contributed by atoms with van der Waals surface area (Å²) >= 11 is 0. The van der Waals surface area contributed by atoms with Crippen molar-refractivity contribution in [1.29, 1.82) is 10.5 Å². The van der Waals surface area contributed by atoms with Crippen molar-refractivity contribution in [1.82, 2.24) is 0 Å². The van der Waals surface area contributed by atoms with E-state index in [1.165, 1.54) is 24.3 Å². The fourth-order valence-electron chi connectivity index (χ4n) is 4.77. The molecule has 0 aliphatic heterocycles. The van der Waals surface area contributed by atoms with Crippen LogP contribution in [-0.4, -0.2) is 13.2 Å². The number of hydrogen-bond acceptors (Lipinski definition) is 4. The van der Waals surface area contributed by atoms with Crippen molar-refractivity contribution in [3.05, 3.63) is 83.4 Å². The van der Waals surface area contributed by atoms with Crippen LogP contribution in [0.2, 0.25) is 0 Å². The third-order valence-corrected chi connectivity index (χ3v) is 6.87. The lowest BCUT2D eigenvalue weighted by Crippen LogP contribution is -2.06. The van der Waals surface area contributed by atoms with Crippen LogP contribution in [0.15, 0.2) is 60.7 Å². The Labute approximate surface area is 234 Å². The Morgan fingerprint density at radius 2 is 0.975 bits per heavy atom. The minimum atomic E-state index is -0.360. The Balaban J connectivity index is 2.05. The standard InChI is InChI=1S/C34H32F2N2O2/c1-3-5-7-17-39-33-29-19-27(23-9-13-25(35)14-10-23)28(24-11-15-26(36)16-12-24)20-30(29)34(40-18-8-6-4-2)32(22-38)31(33)21-37/h9-16,19-20H,3-8,17-18H2,1-2H3. The van der Waals surface area contributed by atoms with E-state index in [0.29, 0.717) is 35.5 Å². The van der Waals surface area contributed by atoms with Gasteiger partial charge in [-0.1, -0.05) is 63.8 Å². The summed E-state index contributed by atoms with van der Waals surface area (Å²) in [6.45, 7) is 4.98. The molecule has 40 heavy (non-hydrogen) atoms. The number of halogens is 2. The largest absolute Gasteiger partial charge is 0.491 e. The molecule has 0 N–H and O–H groups in total. The fourth-order valence-corrected chi connectivity index (χ4v) is 4.77. The zero-order valence-corrected chi connectivity index (χ0v) is 22.9.